The maximum absolute atomic E-state index is 11.3. The van der Waals surface area contributed by atoms with Gasteiger partial charge < -0.3 is 19.5 Å². The molecule has 0 saturated carbocycles. The second-order valence-corrected chi connectivity index (χ2v) is 4.26. The van der Waals surface area contributed by atoms with Gasteiger partial charge in [0, 0.05) is 0 Å². The fraction of sp³-hybridized carbons (Fsp3) is 0.462. The molecule has 2 rings (SSSR count). The molecule has 7 heteroatoms. The lowest BCUT2D eigenvalue weighted by atomic mass is 10.2. The first-order valence-electron chi connectivity index (χ1n) is 6.40. The monoisotopic (exact) mass is 282 g/mol. The molecule has 0 spiro atoms. The highest BCUT2D eigenvalue weighted by Crippen LogP contribution is 2.13. The summed E-state index contributed by atoms with van der Waals surface area (Å²) in [5.74, 6) is 0.414. The van der Waals surface area contributed by atoms with Gasteiger partial charge in [0.2, 0.25) is 0 Å². The number of carbonyl (C=O) groups excluding carboxylic acids is 1. The van der Waals surface area contributed by atoms with Gasteiger partial charge >= 0.3 is 6.16 Å². The summed E-state index contributed by atoms with van der Waals surface area (Å²) in [6.45, 7) is 0.530. The van der Waals surface area contributed by atoms with E-state index < -0.39 is 6.16 Å². The third-order valence-electron chi connectivity index (χ3n) is 2.69. The first-order valence-corrected chi connectivity index (χ1v) is 6.40. The van der Waals surface area contributed by atoms with Crippen LogP contribution in [0.1, 0.15) is 19.3 Å². The van der Waals surface area contributed by atoms with Crippen molar-refractivity contribution in [1.82, 2.24) is 5.39 Å². The number of para-hydroxylation sites is 1. The van der Waals surface area contributed by atoms with Crippen LogP contribution in [0.5, 0.6) is 5.75 Å². The van der Waals surface area contributed by atoms with E-state index in [9.17, 15) is 10.0 Å². The van der Waals surface area contributed by atoms with E-state index >= 15 is 0 Å². The summed E-state index contributed by atoms with van der Waals surface area (Å²) in [6, 6.07) is 8.65. The number of cyclic esters (lactones) is 2. The van der Waals surface area contributed by atoms with Crippen molar-refractivity contribution in [2.75, 3.05) is 13.2 Å². The molecule has 0 aliphatic carbocycles. The molecular weight excluding hydrogens is 266 g/mol. The van der Waals surface area contributed by atoms with Crippen LogP contribution >= 0.6 is 0 Å². The number of nitrogens with zero attached hydrogens (tertiary/aromatic N) is 1. The SMILES string of the molecule is O=C1OCC(CCCCON([O-])Oc2ccccc2)O1. The maximum Gasteiger partial charge on any atom is 0.508 e. The molecule has 20 heavy (non-hydrogen) atoms. The second-order valence-electron chi connectivity index (χ2n) is 4.26. The van der Waals surface area contributed by atoms with Crippen molar-refractivity contribution < 1.29 is 23.9 Å². The second kappa shape index (κ2) is 7.68. The summed E-state index contributed by atoms with van der Waals surface area (Å²) in [5, 5.41) is 11.3. The molecule has 0 radical (unpaired) electrons. The van der Waals surface area contributed by atoms with Crippen LogP contribution < -0.4 is 4.84 Å². The van der Waals surface area contributed by atoms with E-state index in [1.165, 1.54) is 0 Å². The molecule has 0 aromatic heterocycles. The fourth-order valence-corrected chi connectivity index (χ4v) is 1.71. The van der Waals surface area contributed by atoms with E-state index in [4.69, 9.17) is 14.4 Å². The molecule has 0 N–H and O–H groups in total. The Labute approximate surface area is 116 Å². The molecule has 1 atom stereocenters. The van der Waals surface area contributed by atoms with Crippen LogP contribution in [-0.2, 0) is 14.3 Å². The van der Waals surface area contributed by atoms with Crippen LogP contribution in [0.25, 0.3) is 0 Å². The first kappa shape index (κ1) is 14.6. The Morgan fingerprint density at radius 2 is 2.10 bits per heavy atom. The minimum Gasteiger partial charge on any atom is -0.728 e. The topological polar surface area (TPSA) is 80.3 Å². The molecule has 1 aliphatic heterocycles. The molecule has 1 fully saturated rings. The van der Waals surface area contributed by atoms with Gasteiger partial charge in [0.25, 0.3) is 0 Å². The van der Waals surface area contributed by atoms with Crippen molar-refractivity contribution in [3.63, 3.8) is 0 Å². The van der Waals surface area contributed by atoms with E-state index in [1.807, 2.05) is 6.07 Å². The zero-order valence-corrected chi connectivity index (χ0v) is 10.9. The zero-order valence-electron chi connectivity index (χ0n) is 10.9. The Morgan fingerprint density at radius 1 is 1.30 bits per heavy atom. The Bertz CT molecular complexity index is 413. The van der Waals surface area contributed by atoms with Gasteiger partial charge in [-0.05, 0) is 31.4 Å². The van der Waals surface area contributed by atoms with Gasteiger partial charge in [0.15, 0.2) is 0 Å². The fourth-order valence-electron chi connectivity index (χ4n) is 1.71. The normalized spacial score (nSPS) is 17.9. The summed E-state index contributed by atoms with van der Waals surface area (Å²) in [6.07, 6.45) is 1.30. The zero-order chi connectivity index (χ0) is 14.2. The van der Waals surface area contributed by atoms with Crippen molar-refractivity contribution in [3.8, 4) is 5.75 Å². The van der Waals surface area contributed by atoms with Crippen molar-refractivity contribution >= 4 is 6.16 Å². The van der Waals surface area contributed by atoms with Gasteiger partial charge in [0.05, 0.1) is 6.61 Å². The number of carbonyl (C=O) groups is 1. The van der Waals surface area contributed by atoms with Gasteiger partial charge in [-0.1, -0.05) is 23.6 Å². The van der Waals surface area contributed by atoms with Crippen LogP contribution in [0, 0.1) is 5.21 Å². The van der Waals surface area contributed by atoms with E-state index in [0.717, 1.165) is 6.42 Å². The molecular formula is C13H16NO6-. The highest BCUT2D eigenvalue weighted by molar-refractivity contribution is 5.61. The number of hydrogen-bond donors (Lipinski definition) is 0. The van der Waals surface area contributed by atoms with Crippen LogP contribution in [0.3, 0.4) is 0 Å². The number of hydrogen-bond acceptors (Lipinski definition) is 7. The number of ether oxygens (including phenoxy) is 2. The van der Waals surface area contributed by atoms with Crippen molar-refractivity contribution in [1.29, 1.82) is 0 Å². The summed E-state index contributed by atoms with van der Waals surface area (Å²) in [4.78, 5) is 20.4. The lowest BCUT2D eigenvalue weighted by molar-refractivity contribution is -0.283. The van der Waals surface area contributed by atoms with Gasteiger partial charge in [-0.2, -0.15) is 0 Å². The quantitative estimate of drug-likeness (QED) is 0.411. The summed E-state index contributed by atoms with van der Waals surface area (Å²) >= 11 is 0. The van der Waals surface area contributed by atoms with Crippen LogP contribution in [0.2, 0.25) is 0 Å². The highest BCUT2D eigenvalue weighted by Gasteiger charge is 2.23. The highest BCUT2D eigenvalue weighted by atomic mass is 17.1. The van der Waals surface area contributed by atoms with Gasteiger partial charge in [0.1, 0.15) is 18.5 Å². The molecule has 1 aromatic carbocycles. The van der Waals surface area contributed by atoms with Gasteiger partial charge in [-0.15, -0.1) is 0 Å². The van der Waals surface area contributed by atoms with Gasteiger partial charge in [-0.3, -0.25) is 4.84 Å². The first-order chi connectivity index (χ1) is 9.74. The van der Waals surface area contributed by atoms with Crippen molar-refractivity contribution in [3.05, 3.63) is 35.5 Å². The average Bonchev–Trinajstić information content (AvgIpc) is 2.85. The molecule has 1 aliphatic rings. The predicted octanol–water partition coefficient (Wildman–Crippen LogP) is 2.42. The molecule has 7 nitrogen and oxygen atoms in total. The summed E-state index contributed by atoms with van der Waals surface area (Å²) in [5.41, 5.74) is 0. The summed E-state index contributed by atoms with van der Waals surface area (Å²) in [7, 11) is 0. The molecule has 1 heterocycles. The molecule has 1 aromatic rings. The summed E-state index contributed by atoms with van der Waals surface area (Å²) < 4.78 is 9.53. The minimum absolute atomic E-state index is 0.0913. The third kappa shape index (κ3) is 5.04. The van der Waals surface area contributed by atoms with E-state index in [-0.39, 0.29) is 18.1 Å². The van der Waals surface area contributed by atoms with Crippen molar-refractivity contribution in [2.24, 2.45) is 0 Å². The standard InChI is InChI=1S/C13H16NO6/c15-13-17-10-12(19-13)8-4-5-9-18-14(16)20-11-6-2-1-3-7-11/h1-3,6-7,12H,4-5,8-10H2/q-1. The smallest absolute Gasteiger partial charge is 0.508 e. The Hall–Kier alpha value is -1.83. The van der Waals surface area contributed by atoms with E-state index in [0.29, 0.717) is 25.2 Å². The van der Waals surface area contributed by atoms with E-state index in [1.54, 1.807) is 24.3 Å². The third-order valence-corrected chi connectivity index (χ3v) is 2.69. The number of unbranched alkanes of at least 4 members (excludes halogenated alkanes) is 1. The average molecular weight is 282 g/mol. The maximum atomic E-state index is 11.3. The Balaban J connectivity index is 1.51. The van der Waals surface area contributed by atoms with E-state index in [2.05, 4.69) is 4.74 Å². The molecule has 1 unspecified atom stereocenters. The number of rotatable bonds is 8. The Morgan fingerprint density at radius 3 is 2.80 bits per heavy atom. The molecule has 1 saturated heterocycles. The predicted molar refractivity (Wildman–Crippen MR) is 68.3 cm³/mol. The number of benzene rings is 1. The largest absolute Gasteiger partial charge is 0.728 e. The molecule has 0 amide bonds. The lowest BCUT2D eigenvalue weighted by Crippen LogP contribution is -2.21. The minimum atomic E-state index is -0.617. The van der Waals surface area contributed by atoms with Crippen LogP contribution in [0.4, 0.5) is 4.79 Å². The lowest BCUT2D eigenvalue weighted by Gasteiger charge is -2.25. The van der Waals surface area contributed by atoms with Crippen molar-refractivity contribution in [2.45, 2.75) is 25.4 Å². The molecule has 0 bridgehead atoms. The van der Waals surface area contributed by atoms with Gasteiger partial charge in [-0.25, -0.2) is 4.79 Å². The van der Waals surface area contributed by atoms with Crippen LogP contribution in [0.15, 0.2) is 30.3 Å². The van der Waals surface area contributed by atoms with Crippen LogP contribution in [-0.4, -0.2) is 30.9 Å². The molecule has 110 valence electrons. The Kier molecular flexibility index (Phi) is 5.60.